The number of hydrogen-bond acceptors (Lipinski definition) is 4. The standard InChI is InChI=1S/C12H11FN4O/c13-10-3-1-9(2-4-10)7-12-11(8-14)15-16-17(12)5-6-18/h1-4,18H,5-7H2. The summed E-state index contributed by atoms with van der Waals surface area (Å²) in [7, 11) is 0. The second-order valence-corrected chi connectivity index (χ2v) is 3.75. The van der Waals surface area contributed by atoms with Crippen molar-refractivity contribution in [1.82, 2.24) is 15.0 Å². The van der Waals surface area contributed by atoms with Crippen molar-refractivity contribution in [3.63, 3.8) is 0 Å². The summed E-state index contributed by atoms with van der Waals surface area (Å²) in [5, 5.41) is 25.4. The van der Waals surface area contributed by atoms with E-state index in [0.29, 0.717) is 12.1 Å². The molecule has 0 fully saturated rings. The smallest absolute Gasteiger partial charge is 0.186 e. The van der Waals surface area contributed by atoms with E-state index in [1.165, 1.54) is 16.8 Å². The molecule has 0 radical (unpaired) electrons. The highest BCUT2D eigenvalue weighted by molar-refractivity contribution is 5.30. The molecule has 0 amide bonds. The SMILES string of the molecule is N#Cc1nnn(CCO)c1Cc1ccc(F)cc1. The third-order valence-corrected chi connectivity index (χ3v) is 2.54. The first-order valence-corrected chi connectivity index (χ1v) is 5.42. The number of nitriles is 1. The van der Waals surface area contributed by atoms with Crippen LogP contribution in [0.2, 0.25) is 0 Å². The average molecular weight is 246 g/mol. The molecule has 0 saturated heterocycles. The van der Waals surface area contributed by atoms with E-state index in [1.54, 1.807) is 12.1 Å². The molecule has 0 unspecified atom stereocenters. The van der Waals surface area contributed by atoms with Crippen LogP contribution in [0.15, 0.2) is 24.3 Å². The van der Waals surface area contributed by atoms with Crippen LogP contribution in [-0.4, -0.2) is 26.7 Å². The maximum absolute atomic E-state index is 12.8. The second-order valence-electron chi connectivity index (χ2n) is 3.75. The molecule has 0 saturated carbocycles. The van der Waals surface area contributed by atoms with Gasteiger partial charge in [0.05, 0.1) is 18.8 Å². The predicted molar refractivity (Wildman–Crippen MR) is 61.0 cm³/mol. The molecule has 1 aromatic heterocycles. The van der Waals surface area contributed by atoms with E-state index in [-0.39, 0.29) is 24.7 Å². The Labute approximate surface area is 103 Å². The zero-order valence-electron chi connectivity index (χ0n) is 9.54. The van der Waals surface area contributed by atoms with Gasteiger partial charge in [-0.05, 0) is 17.7 Å². The van der Waals surface area contributed by atoms with E-state index in [4.69, 9.17) is 10.4 Å². The Morgan fingerprint density at radius 2 is 2.06 bits per heavy atom. The van der Waals surface area contributed by atoms with Crippen LogP contribution in [0.3, 0.4) is 0 Å². The summed E-state index contributed by atoms with van der Waals surface area (Å²) < 4.78 is 14.3. The van der Waals surface area contributed by atoms with Crippen LogP contribution in [-0.2, 0) is 13.0 Å². The van der Waals surface area contributed by atoms with Crippen molar-refractivity contribution >= 4 is 0 Å². The van der Waals surface area contributed by atoms with E-state index in [2.05, 4.69) is 10.3 Å². The van der Waals surface area contributed by atoms with Crippen molar-refractivity contribution in [3.05, 3.63) is 47.0 Å². The fourth-order valence-electron chi connectivity index (χ4n) is 1.66. The van der Waals surface area contributed by atoms with Gasteiger partial charge in [0.2, 0.25) is 0 Å². The number of rotatable bonds is 4. The first-order chi connectivity index (χ1) is 8.74. The van der Waals surface area contributed by atoms with Crippen molar-refractivity contribution in [2.45, 2.75) is 13.0 Å². The monoisotopic (exact) mass is 246 g/mol. The van der Waals surface area contributed by atoms with Crippen LogP contribution >= 0.6 is 0 Å². The average Bonchev–Trinajstić information content (AvgIpc) is 2.75. The fourth-order valence-corrected chi connectivity index (χ4v) is 1.66. The van der Waals surface area contributed by atoms with Crippen molar-refractivity contribution in [3.8, 4) is 6.07 Å². The zero-order chi connectivity index (χ0) is 13.0. The highest BCUT2D eigenvalue weighted by Gasteiger charge is 2.12. The third kappa shape index (κ3) is 2.52. The Hall–Kier alpha value is -2.26. The van der Waals surface area contributed by atoms with Gasteiger partial charge in [-0.2, -0.15) is 5.26 Å². The summed E-state index contributed by atoms with van der Waals surface area (Å²) in [6, 6.07) is 7.97. The van der Waals surface area contributed by atoms with Gasteiger partial charge in [0.15, 0.2) is 5.69 Å². The molecule has 1 aromatic carbocycles. The van der Waals surface area contributed by atoms with Crippen LogP contribution < -0.4 is 0 Å². The minimum absolute atomic E-state index is 0.0787. The molecule has 0 atom stereocenters. The van der Waals surface area contributed by atoms with Crippen LogP contribution in [0.25, 0.3) is 0 Å². The maximum atomic E-state index is 12.8. The first kappa shape index (κ1) is 12.2. The van der Waals surface area contributed by atoms with Crippen molar-refractivity contribution in [2.24, 2.45) is 0 Å². The Balaban J connectivity index is 2.29. The molecule has 1 N–H and O–H groups in total. The lowest BCUT2D eigenvalue weighted by molar-refractivity contribution is 0.266. The molecule has 6 heteroatoms. The molecule has 0 aliphatic heterocycles. The van der Waals surface area contributed by atoms with E-state index in [0.717, 1.165) is 5.56 Å². The molecular weight excluding hydrogens is 235 g/mol. The van der Waals surface area contributed by atoms with Gasteiger partial charge in [0, 0.05) is 6.42 Å². The molecule has 0 bridgehead atoms. The Morgan fingerprint density at radius 1 is 1.33 bits per heavy atom. The van der Waals surface area contributed by atoms with Gasteiger partial charge >= 0.3 is 0 Å². The molecule has 18 heavy (non-hydrogen) atoms. The van der Waals surface area contributed by atoms with Gasteiger partial charge in [-0.1, -0.05) is 17.3 Å². The molecule has 2 rings (SSSR count). The third-order valence-electron chi connectivity index (χ3n) is 2.54. The van der Waals surface area contributed by atoms with E-state index < -0.39 is 0 Å². The van der Waals surface area contributed by atoms with Crippen LogP contribution in [0.4, 0.5) is 4.39 Å². The number of hydrogen-bond donors (Lipinski definition) is 1. The number of aliphatic hydroxyl groups excluding tert-OH is 1. The molecule has 0 aliphatic carbocycles. The van der Waals surface area contributed by atoms with Crippen molar-refractivity contribution < 1.29 is 9.50 Å². The highest BCUT2D eigenvalue weighted by atomic mass is 19.1. The summed E-state index contributed by atoms with van der Waals surface area (Å²) in [4.78, 5) is 0. The lowest BCUT2D eigenvalue weighted by Gasteiger charge is -2.05. The van der Waals surface area contributed by atoms with Crippen molar-refractivity contribution in [2.75, 3.05) is 6.61 Å². The van der Waals surface area contributed by atoms with E-state index in [1.807, 2.05) is 6.07 Å². The predicted octanol–water partition coefficient (Wildman–Crippen LogP) is 0.872. The van der Waals surface area contributed by atoms with Gasteiger partial charge < -0.3 is 5.11 Å². The molecule has 2 aromatic rings. The minimum atomic E-state index is -0.304. The lowest BCUT2D eigenvalue weighted by Crippen LogP contribution is -2.09. The number of benzene rings is 1. The largest absolute Gasteiger partial charge is 0.394 e. The molecule has 0 spiro atoms. The lowest BCUT2D eigenvalue weighted by atomic mass is 10.1. The summed E-state index contributed by atoms with van der Waals surface area (Å²) in [6.07, 6.45) is 0.427. The van der Waals surface area contributed by atoms with Crippen LogP contribution in [0.5, 0.6) is 0 Å². The summed E-state index contributed by atoms with van der Waals surface area (Å²) in [5.74, 6) is -0.304. The molecule has 1 heterocycles. The second kappa shape index (κ2) is 5.38. The van der Waals surface area contributed by atoms with Crippen LogP contribution in [0.1, 0.15) is 17.0 Å². The highest BCUT2D eigenvalue weighted by Crippen LogP contribution is 2.12. The Bertz CT molecular complexity index is 571. The van der Waals surface area contributed by atoms with Gasteiger partial charge in [0.1, 0.15) is 11.9 Å². The fraction of sp³-hybridized carbons (Fsp3) is 0.250. The van der Waals surface area contributed by atoms with E-state index in [9.17, 15) is 4.39 Å². The van der Waals surface area contributed by atoms with Gasteiger partial charge in [0.25, 0.3) is 0 Å². The van der Waals surface area contributed by atoms with Gasteiger partial charge in [-0.25, -0.2) is 9.07 Å². The summed E-state index contributed by atoms with van der Waals surface area (Å²) >= 11 is 0. The Morgan fingerprint density at radius 3 is 2.67 bits per heavy atom. The quantitative estimate of drug-likeness (QED) is 0.868. The number of nitrogens with zero attached hydrogens (tertiary/aromatic N) is 4. The molecular formula is C12H11FN4O. The molecule has 0 aliphatic rings. The first-order valence-electron chi connectivity index (χ1n) is 5.42. The Kier molecular flexibility index (Phi) is 3.65. The van der Waals surface area contributed by atoms with Gasteiger partial charge in [-0.15, -0.1) is 5.10 Å². The zero-order valence-corrected chi connectivity index (χ0v) is 9.54. The summed E-state index contributed by atoms with van der Waals surface area (Å²) in [6.45, 7) is 0.204. The minimum Gasteiger partial charge on any atom is -0.394 e. The maximum Gasteiger partial charge on any atom is 0.186 e. The van der Waals surface area contributed by atoms with E-state index >= 15 is 0 Å². The van der Waals surface area contributed by atoms with Crippen molar-refractivity contribution in [1.29, 1.82) is 5.26 Å². The topological polar surface area (TPSA) is 74.7 Å². The normalized spacial score (nSPS) is 10.3. The van der Waals surface area contributed by atoms with Gasteiger partial charge in [-0.3, -0.25) is 0 Å². The molecule has 92 valence electrons. The number of halogens is 1. The molecule has 5 nitrogen and oxygen atoms in total. The number of aliphatic hydroxyl groups is 1. The van der Waals surface area contributed by atoms with Crippen LogP contribution in [0, 0.1) is 17.1 Å². The summed E-state index contributed by atoms with van der Waals surface area (Å²) in [5.41, 5.74) is 1.71. The number of aromatic nitrogens is 3.